The summed E-state index contributed by atoms with van der Waals surface area (Å²) >= 11 is 3.09. The lowest BCUT2D eigenvalue weighted by atomic mass is 10.2. The molecule has 0 aliphatic rings. The van der Waals surface area contributed by atoms with Crippen LogP contribution in [0.4, 0.5) is 4.39 Å². The van der Waals surface area contributed by atoms with Crippen LogP contribution in [0.15, 0.2) is 45.7 Å². The lowest BCUT2D eigenvalue weighted by Crippen LogP contribution is -2.25. The number of nitrogens with zero attached hydrogens (tertiary/aromatic N) is 1. The number of halogens is 2. The van der Waals surface area contributed by atoms with Gasteiger partial charge in [0.25, 0.3) is 5.56 Å². The number of hydrogen-bond acceptors (Lipinski definition) is 2. The predicted molar refractivity (Wildman–Crippen MR) is 70.9 cm³/mol. The molecule has 4 nitrogen and oxygen atoms in total. The summed E-state index contributed by atoms with van der Waals surface area (Å²) in [5, 5.41) is 9.05. The van der Waals surface area contributed by atoms with E-state index in [-0.39, 0.29) is 16.7 Å². The number of hydrogen-bond donors (Lipinski definition) is 1. The monoisotopic (exact) mass is 325 g/mol. The molecule has 19 heavy (non-hydrogen) atoms. The fraction of sp³-hybridized carbons (Fsp3) is 0.0769. The van der Waals surface area contributed by atoms with E-state index in [1.165, 1.54) is 30.3 Å². The smallest absolute Gasteiger partial charge is 0.352 e. The molecule has 0 saturated carbocycles. The van der Waals surface area contributed by atoms with Crippen molar-refractivity contribution in [3.63, 3.8) is 0 Å². The first-order chi connectivity index (χ1) is 9.00. The van der Waals surface area contributed by atoms with Gasteiger partial charge >= 0.3 is 5.97 Å². The number of benzene rings is 1. The quantitative estimate of drug-likeness (QED) is 0.943. The second-order valence-corrected chi connectivity index (χ2v) is 4.65. The summed E-state index contributed by atoms with van der Waals surface area (Å²) in [4.78, 5) is 22.8. The Labute approximate surface area is 116 Å². The molecule has 0 aliphatic heterocycles. The van der Waals surface area contributed by atoms with E-state index in [4.69, 9.17) is 5.11 Å². The molecule has 0 aliphatic carbocycles. The van der Waals surface area contributed by atoms with Crippen LogP contribution in [-0.2, 0) is 6.54 Å². The summed E-state index contributed by atoms with van der Waals surface area (Å²) in [6, 6.07) is 8.38. The van der Waals surface area contributed by atoms with Gasteiger partial charge < -0.3 is 5.11 Å². The van der Waals surface area contributed by atoms with E-state index in [0.29, 0.717) is 5.56 Å². The molecule has 0 bridgehead atoms. The third kappa shape index (κ3) is 2.73. The summed E-state index contributed by atoms with van der Waals surface area (Å²) in [6.07, 6.45) is 0. The van der Waals surface area contributed by atoms with Gasteiger partial charge in [-0.05, 0) is 33.6 Å². The molecule has 0 spiro atoms. The average Bonchev–Trinajstić information content (AvgIpc) is 2.36. The van der Waals surface area contributed by atoms with Crippen molar-refractivity contribution >= 4 is 21.9 Å². The van der Waals surface area contributed by atoms with Crippen molar-refractivity contribution in [2.24, 2.45) is 0 Å². The van der Waals surface area contributed by atoms with Crippen molar-refractivity contribution in [1.29, 1.82) is 0 Å². The molecular weight excluding hydrogens is 317 g/mol. The highest BCUT2D eigenvalue weighted by Crippen LogP contribution is 2.21. The molecular formula is C13H9BrFNO3. The third-order valence-electron chi connectivity index (χ3n) is 2.63. The van der Waals surface area contributed by atoms with E-state index in [1.807, 2.05) is 0 Å². The first kappa shape index (κ1) is 13.5. The molecule has 0 atom stereocenters. The SMILES string of the molecule is O=C(O)c1cccc(=O)n1Cc1cccc(F)c1Br. The molecule has 2 aromatic rings. The van der Waals surface area contributed by atoms with Crippen LogP contribution in [0.2, 0.25) is 0 Å². The van der Waals surface area contributed by atoms with Gasteiger partial charge in [-0.25, -0.2) is 9.18 Å². The maximum atomic E-state index is 13.4. The van der Waals surface area contributed by atoms with Gasteiger partial charge in [-0.15, -0.1) is 0 Å². The molecule has 1 N–H and O–H groups in total. The number of aromatic nitrogens is 1. The zero-order valence-corrected chi connectivity index (χ0v) is 11.2. The highest BCUT2D eigenvalue weighted by Gasteiger charge is 2.13. The van der Waals surface area contributed by atoms with Crippen molar-refractivity contribution in [3.05, 3.63) is 68.3 Å². The molecule has 0 fully saturated rings. The molecule has 1 heterocycles. The summed E-state index contributed by atoms with van der Waals surface area (Å²) in [5.41, 5.74) is -0.0875. The number of carboxylic acids is 1. The van der Waals surface area contributed by atoms with E-state index in [2.05, 4.69) is 15.9 Å². The van der Waals surface area contributed by atoms with E-state index in [1.54, 1.807) is 6.07 Å². The van der Waals surface area contributed by atoms with E-state index in [9.17, 15) is 14.0 Å². The lowest BCUT2D eigenvalue weighted by Gasteiger charge is -2.11. The van der Waals surface area contributed by atoms with Crippen LogP contribution in [0, 0.1) is 5.82 Å². The van der Waals surface area contributed by atoms with Crippen LogP contribution in [0.1, 0.15) is 16.1 Å². The van der Waals surface area contributed by atoms with E-state index < -0.39 is 17.3 Å². The zero-order valence-electron chi connectivity index (χ0n) is 9.64. The number of aromatic carboxylic acids is 1. The Morgan fingerprint density at radius 1 is 1.26 bits per heavy atom. The van der Waals surface area contributed by atoms with Crippen molar-refractivity contribution in [3.8, 4) is 0 Å². The van der Waals surface area contributed by atoms with Crippen LogP contribution in [-0.4, -0.2) is 15.6 Å². The lowest BCUT2D eigenvalue weighted by molar-refractivity contribution is 0.0684. The molecule has 1 aromatic heterocycles. The van der Waals surface area contributed by atoms with Crippen LogP contribution >= 0.6 is 15.9 Å². The topological polar surface area (TPSA) is 59.3 Å². The van der Waals surface area contributed by atoms with Gasteiger partial charge in [0, 0.05) is 6.07 Å². The summed E-state index contributed by atoms with van der Waals surface area (Å²) in [7, 11) is 0. The highest BCUT2D eigenvalue weighted by molar-refractivity contribution is 9.10. The third-order valence-corrected chi connectivity index (χ3v) is 3.52. The van der Waals surface area contributed by atoms with E-state index in [0.717, 1.165) is 4.57 Å². The Balaban J connectivity index is 2.52. The molecule has 2 rings (SSSR count). The van der Waals surface area contributed by atoms with Crippen molar-refractivity contribution < 1.29 is 14.3 Å². The number of pyridine rings is 1. The van der Waals surface area contributed by atoms with Gasteiger partial charge in [0.05, 0.1) is 11.0 Å². The van der Waals surface area contributed by atoms with Gasteiger partial charge in [-0.3, -0.25) is 9.36 Å². The van der Waals surface area contributed by atoms with Gasteiger partial charge in [0.15, 0.2) is 0 Å². The Morgan fingerprint density at radius 2 is 1.95 bits per heavy atom. The highest BCUT2D eigenvalue weighted by atomic mass is 79.9. The van der Waals surface area contributed by atoms with Crippen molar-refractivity contribution in [1.82, 2.24) is 4.57 Å². The standard InChI is InChI=1S/C13H9BrFNO3/c14-12-8(3-1-4-9(12)15)7-16-10(13(18)19)5-2-6-11(16)17/h1-6H,7H2,(H,18,19). The van der Waals surface area contributed by atoms with Crippen molar-refractivity contribution in [2.45, 2.75) is 6.54 Å². The minimum atomic E-state index is -1.20. The first-order valence-corrected chi connectivity index (χ1v) is 6.16. The molecule has 1 aromatic carbocycles. The van der Waals surface area contributed by atoms with Gasteiger partial charge in [0.1, 0.15) is 11.5 Å². The molecule has 0 radical (unpaired) electrons. The summed E-state index contributed by atoms with van der Waals surface area (Å²) in [6.45, 7) is -0.0142. The Hall–Kier alpha value is -1.95. The maximum Gasteiger partial charge on any atom is 0.352 e. The first-order valence-electron chi connectivity index (χ1n) is 5.36. The zero-order chi connectivity index (χ0) is 14.0. The number of carbonyl (C=O) groups is 1. The summed E-state index contributed by atoms with van der Waals surface area (Å²) in [5.74, 6) is -1.66. The van der Waals surface area contributed by atoms with E-state index >= 15 is 0 Å². The Kier molecular flexibility index (Phi) is 3.80. The fourth-order valence-electron chi connectivity index (χ4n) is 1.71. The van der Waals surface area contributed by atoms with Gasteiger partial charge in [-0.1, -0.05) is 18.2 Å². The molecule has 98 valence electrons. The van der Waals surface area contributed by atoms with Crippen molar-refractivity contribution in [2.75, 3.05) is 0 Å². The fourth-order valence-corrected chi connectivity index (χ4v) is 2.10. The van der Waals surface area contributed by atoms with Gasteiger partial charge in [0.2, 0.25) is 0 Å². The van der Waals surface area contributed by atoms with Crippen LogP contribution in [0.25, 0.3) is 0 Å². The van der Waals surface area contributed by atoms with Gasteiger partial charge in [-0.2, -0.15) is 0 Å². The minimum absolute atomic E-state index is 0.0142. The maximum absolute atomic E-state index is 13.4. The number of carboxylic acid groups (broad SMARTS) is 1. The Morgan fingerprint density at radius 3 is 2.63 bits per heavy atom. The predicted octanol–water partition coefficient (Wildman–Crippen LogP) is 2.50. The second kappa shape index (κ2) is 5.36. The van der Waals surface area contributed by atoms with Crippen LogP contribution in [0.5, 0.6) is 0 Å². The second-order valence-electron chi connectivity index (χ2n) is 3.85. The average molecular weight is 326 g/mol. The number of rotatable bonds is 3. The molecule has 0 saturated heterocycles. The molecule has 0 unspecified atom stereocenters. The summed E-state index contributed by atoms with van der Waals surface area (Å²) < 4.78 is 14.7. The molecule has 6 heteroatoms. The van der Waals surface area contributed by atoms with Crippen LogP contribution < -0.4 is 5.56 Å². The minimum Gasteiger partial charge on any atom is -0.477 e. The largest absolute Gasteiger partial charge is 0.477 e. The Bertz CT molecular complexity index is 697. The van der Waals surface area contributed by atoms with Crippen LogP contribution in [0.3, 0.4) is 0 Å². The molecule has 0 amide bonds. The normalized spacial score (nSPS) is 10.4.